The third-order valence-electron chi connectivity index (χ3n) is 15.9. The normalized spacial score (nSPS) is 10.6. The van der Waals surface area contributed by atoms with Crippen molar-refractivity contribution in [3.8, 4) is 146 Å². The highest BCUT2D eigenvalue weighted by Crippen LogP contribution is 2.47. The summed E-state index contributed by atoms with van der Waals surface area (Å²) in [6, 6.07) is 65.1. The second-order valence-electron chi connectivity index (χ2n) is 20.8. The van der Waals surface area contributed by atoms with Crippen LogP contribution in [0.25, 0.3) is 111 Å². The Morgan fingerprint density at radius 3 is 0.793 bits per heavy atom. The molecular weight excluding hydrogens is 1160 g/mol. The molecule has 0 fully saturated rings. The molecule has 2 heterocycles. The number of aromatic nitrogens is 2. The maximum atomic E-state index is 15.5. The van der Waals surface area contributed by atoms with Gasteiger partial charge >= 0.3 is 6.18 Å². The summed E-state index contributed by atoms with van der Waals surface area (Å²) >= 11 is 0. The molecule has 0 saturated carbocycles. The van der Waals surface area contributed by atoms with Gasteiger partial charge in [-0.3, -0.25) is 0 Å². The second-order valence-corrected chi connectivity index (χ2v) is 20.8. The first kappa shape index (κ1) is 57.4. The van der Waals surface area contributed by atoms with Crippen LogP contribution in [0.4, 0.5) is 13.2 Å². The van der Waals surface area contributed by atoms with E-state index >= 15 is 13.2 Å². The van der Waals surface area contributed by atoms with Crippen LogP contribution in [0, 0.1) is 147 Å². The first-order valence-corrected chi connectivity index (χ1v) is 27.1. The van der Waals surface area contributed by atoms with Gasteiger partial charge in [0.25, 0.3) is 0 Å². The summed E-state index contributed by atoms with van der Waals surface area (Å²) < 4.78 is 49.9. The van der Waals surface area contributed by atoms with Crippen molar-refractivity contribution in [3.05, 3.63) is 236 Å². The summed E-state index contributed by atoms with van der Waals surface area (Å²) in [6.07, 6.45) is -4.94. The zero-order chi connectivity index (χ0) is 64.9. The van der Waals surface area contributed by atoms with E-state index in [4.69, 9.17) is 0 Å². The molecule has 15 nitrogen and oxygen atoms in total. The molecule has 418 valence electrons. The highest BCUT2D eigenvalue weighted by molar-refractivity contribution is 6.15. The number of benzene rings is 10. The van der Waals surface area contributed by atoms with Crippen molar-refractivity contribution in [1.82, 2.24) is 9.13 Å². The molecule has 12 aromatic rings. The number of fused-ring (bicyclic) bond motifs is 6. The van der Waals surface area contributed by atoms with E-state index in [1.807, 2.05) is 24.3 Å². The van der Waals surface area contributed by atoms with Gasteiger partial charge in [-0.1, -0.05) is 30.3 Å². The average molecular weight is 1180 g/mol. The van der Waals surface area contributed by atoms with Crippen molar-refractivity contribution in [1.29, 1.82) is 68.4 Å². The van der Waals surface area contributed by atoms with Crippen LogP contribution >= 0.6 is 0 Å². The summed E-state index contributed by atoms with van der Waals surface area (Å²) in [5.41, 5.74) is 3.24. The molecule has 0 N–H and O–H groups in total. The van der Waals surface area contributed by atoms with Gasteiger partial charge in [0.05, 0.1) is 190 Å². The van der Waals surface area contributed by atoms with E-state index < -0.39 is 11.7 Å². The second kappa shape index (κ2) is 22.4. The van der Waals surface area contributed by atoms with Gasteiger partial charge < -0.3 is 9.13 Å². The molecule has 92 heavy (non-hydrogen) atoms. The van der Waals surface area contributed by atoms with Crippen molar-refractivity contribution >= 4 is 43.6 Å². The van der Waals surface area contributed by atoms with E-state index in [9.17, 15) is 68.4 Å². The molecule has 0 spiro atoms. The third kappa shape index (κ3) is 9.21. The van der Waals surface area contributed by atoms with Crippen molar-refractivity contribution in [2.75, 3.05) is 0 Å². The van der Waals surface area contributed by atoms with Gasteiger partial charge in [-0.05, 0) is 150 Å². The minimum absolute atomic E-state index is 0.000872. The number of hydrogen-bond donors (Lipinski definition) is 0. The Hall–Kier alpha value is -15.0. The lowest BCUT2D eigenvalue weighted by atomic mass is 9.91. The number of hydrogen-bond acceptors (Lipinski definition) is 13. The van der Waals surface area contributed by atoms with Crippen LogP contribution in [0.3, 0.4) is 0 Å². The van der Waals surface area contributed by atoms with Crippen molar-refractivity contribution in [3.63, 3.8) is 0 Å². The Kier molecular flexibility index (Phi) is 14.0. The van der Waals surface area contributed by atoms with Gasteiger partial charge in [0.1, 0.15) is 0 Å². The van der Waals surface area contributed by atoms with E-state index in [-0.39, 0.29) is 117 Å². The van der Waals surface area contributed by atoms with Crippen LogP contribution in [0.1, 0.15) is 77.9 Å². The van der Waals surface area contributed by atoms with Gasteiger partial charge in [0, 0.05) is 54.9 Å². The van der Waals surface area contributed by atoms with Crippen molar-refractivity contribution in [2.45, 2.75) is 6.18 Å². The smallest absolute Gasteiger partial charge is 0.309 e. The monoisotopic (exact) mass is 1180 g/mol. The molecular formula is C74H26F3N15. The highest BCUT2D eigenvalue weighted by atomic mass is 19.4. The number of nitrogens with zero attached hydrogens (tertiary/aromatic N) is 15. The molecule has 2 aromatic heterocycles. The lowest BCUT2D eigenvalue weighted by Gasteiger charge is -2.20. The quantitative estimate of drug-likeness (QED) is 0.143. The Labute approximate surface area is 519 Å². The van der Waals surface area contributed by atoms with Gasteiger partial charge in [0.2, 0.25) is 0 Å². The molecule has 12 rings (SSSR count). The van der Waals surface area contributed by atoms with Crippen LogP contribution in [-0.4, -0.2) is 9.13 Å². The summed E-state index contributed by atoms with van der Waals surface area (Å²) in [5.74, 6) is 0. The number of halogens is 3. The Morgan fingerprint density at radius 2 is 0.533 bits per heavy atom. The number of nitriles is 13. The predicted octanol–water partition coefficient (Wildman–Crippen LogP) is 15.6. The zero-order valence-electron chi connectivity index (χ0n) is 46.9. The maximum Gasteiger partial charge on any atom is 0.416 e. The minimum Gasteiger partial charge on any atom is -0.309 e. The van der Waals surface area contributed by atoms with Crippen LogP contribution in [0.5, 0.6) is 0 Å². The van der Waals surface area contributed by atoms with E-state index in [0.29, 0.717) is 65.9 Å². The molecule has 0 aliphatic carbocycles. The minimum atomic E-state index is -4.94. The van der Waals surface area contributed by atoms with Gasteiger partial charge in [-0.2, -0.15) is 81.6 Å². The molecule has 0 unspecified atom stereocenters. The van der Waals surface area contributed by atoms with Crippen LogP contribution in [0.2, 0.25) is 0 Å². The molecule has 18 heteroatoms. The van der Waals surface area contributed by atoms with E-state index in [0.717, 1.165) is 12.1 Å². The van der Waals surface area contributed by atoms with E-state index in [1.54, 1.807) is 81.9 Å². The molecule has 0 amide bonds. The van der Waals surface area contributed by atoms with Gasteiger partial charge in [-0.15, -0.1) is 0 Å². The fraction of sp³-hybridized carbons (Fsp3) is 0.0135. The molecule has 0 saturated heterocycles. The highest BCUT2D eigenvalue weighted by Gasteiger charge is 2.33. The first-order valence-electron chi connectivity index (χ1n) is 27.1. The summed E-state index contributed by atoms with van der Waals surface area (Å²) in [7, 11) is 0. The summed E-state index contributed by atoms with van der Waals surface area (Å²) in [5, 5.41) is 135. The largest absolute Gasteiger partial charge is 0.416 e. The average Bonchev–Trinajstić information content (AvgIpc) is 1.56. The Balaban J connectivity index is 1.20. The fourth-order valence-corrected chi connectivity index (χ4v) is 12.1. The number of rotatable bonds is 7. The van der Waals surface area contributed by atoms with Crippen LogP contribution in [0.15, 0.2) is 158 Å². The fourth-order valence-electron chi connectivity index (χ4n) is 12.1. The lowest BCUT2D eigenvalue weighted by molar-refractivity contribution is -0.137. The molecule has 0 radical (unpaired) electrons. The first-order chi connectivity index (χ1) is 44.6. The Bertz CT molecular complexity index is 5560. The van der Waals surface area contributed by atoms with Crippen molar-refractivity contribution < 1.29 is 13.2 Å². The molecule has 0 bridgehead atoms. The van der Waals surface area contributed by atoms with E-state index in [2.05, 4.69) is 54.6 Å². The molecule has 0 aliphatic heterocycles. The Morgan fingerprint density at radius 1 is 0.250 bits per heavy atom. The standard InChI is InChI=1S/C74H26F3N15/c75-74(76,77)57-6-12-68(91-64-8-2-45(70-49(32-83)13-41(28-79)14-50(70)33-84)22-59(64)60-23-46(3-9-65(60)91)71-51(34-85)15-42(29-80)16-52(71)35-86)63(26-57)58-7-1-40(27-78)21-69(58)92-66-10-4-47(72-53(36-87)17-43(30-81)18-54(72)37-88)24-61(66)62-25-48(5-11-67(62)92)73-55(38-89)19-44(31-82)20-56(73)39-90/h1-26H. The van der Waals surface area contributed by atoms with Gasteiger partial charge in [0.15, 0.2) is 0 Å². The SMILES string of the molecule is N#Cc1cc(C#N)c(-c2ccc3c(c2)c2cc(-c4c(C#N)cc(C#N)cc4C#N)ccc2n3-c2ccc(C(F)(F)F)cc2-c2ccc(C#N)cc2-n2c3ccc(-c4c(C#N)cc(C#N)cc4C#N)cc3c3cc(-c4c(C#N)cc(C#N)cc4C#N)ccc32)c(C#N)c1. The van der Waals surface area contributed by atoms with Crippen LogP contribution in [-0.2, 0) is 6.18 Å². The zero-order valence-corrected chi connectivity index (χ0v) is 46.9. The molecule has 0 aliphatic rings. The maximum absolute atomic E-state index is 15.5. The predicted molar refractivity (Wildman–Crippen MR) is 329 cm³/mol. The summed E-state index contributed by atoms with van der Waals surface area (Å²) in [4.78, 5) is 0. The number of alkyl halides is 3. The topological polar surface area (TPSA) is 319 Å². The molecule has 0 atom stereocenters. The van der Waals surface area contributed by atoms with E-state index in [1.165, 1.54) is 72.8 Å². The van der Waals surface area contributed by atoms with Crippen LogP contribution < -0.4 is 0 Å². The third-order valence-corrected chi connectivity index (χ3v) is 15.9. The van der Waals surface area contributed by atoms with Crippen molar-refractivity contribution in [2.24, 2.45) is 0 Å². The lowest BCUT2D eigenvalue weighted by Crippen LogP contribution is -2.08. The summed E-state index contributed by atoms with van der Waals surface area (Å²) in [6.45, 7) is 0. The van der Waals surface area contributed by atoms with Gasteiger partial charge in [-0.25, -0.2) is 0 Å². The molecule has 10 aromatic carbocycles.